The number of furan rings is 2. The summed E-state index contributed by atoms with van der Waals surface area (Å²) in [5.41, 5.74) is 0.333. The van der Waals surface area contributed by atoms with Crippen LogP contribution < -0.4 is 0 Å². The number of rotatable bonds is 4. The number of nitrogens with zero attached hydrogens (tertiary/aromatic N) is 3. The van der Waals surface area contributed by atoms with E-state index in [2.05, 4.69) is 10.2 Å². The van der Waals surface area contributed by atoms with Gasteiger partial charge in [0.25, 0.3) is 17.5 Å². The highest BCUT2D eigenvalue weighted by Gasteiger charge is 2.20. The van der Waals surface area contributed by atoms with Gasteiger partial charge in [0, 0.05) is 6.07 Å². The molecule has 3 aromatic heterocycles. The van der Waals surface area contributed by atoms with Crippen LogP contribution in [0.15, 0.2) is 68.0 Å². The molecular formula is C16H9N3O5. The summed E-state index contributed by atoms with van der Waals surface area (Å²) < 4.78 is 16.3. The molecule has 118 valence electrons. The summed E-state index contributed by atoms with van der Waals surface area (Å²) >= 11 is 0. The average Bonchev–Trinajstić information content (AvgIpc) is 3.33. The summed E-state index contributed by atoms with van der Waals surface area (Å²) in [6.07, 6.45) is 1.50. The van der Waals surface area contributed by atoms with E-state index in [1.54, 1.807) is 42.5 Å². The maximum absolute atomic E-state index is 11.1. The van der Waals surface area contributed by atoms with E-state index in [4.69, 9.17) is 13.3 Å². The molecule has 0 atom stereocenters. The standard InChI is InChI=1S/C16H9N3O5/c20-19(21)11-5-2-1-4-10(11)12-7-8-14(23-12)16-18-17-15(24-16)13-6-3-9-22-13/h1-9H. The maximum atomic E-state index is 11.1. The van der Waals surface area contributed by atoms with Crippen LogP contribution in [0.3, 0.4) is 0 Å². The lowest BCUT2D eigenvalue weighted by Crippen LogP contribution is -1.90. The van der Waals surface area contributed by atoms with Gasteiger partial charge in [-0.15, -0.1) is 10.2 Å². The summed E-state index contributed by atoms with van der Waals surface area (Å²) in [6, 6.07) is 13.0. The first kappa shape index (κ1) is 13.9. The molecule has 0 bridgehead atoms. The molecule has 0 unspecified atom stereocenters. The Kier molecular flexibility index (Phi) is 3.20. The lowest BCUT2D eigenvalue weighted by Gasteiger charge is -1.98. The fraction of sp³-hybridized carbons (Fsp3) is 0. The van der Waals surface area contributed by atoms with E-state index in [1.807, 2.05) is 0 Å². The van der Waals surface area contributed by atoms with Gasteiger partial charge in [0.05, 0.1) is 16.7 Å². The van der Waals surface area contributed by atoms with Crippen molar-refractivity contribution in [3.8, 4) is 34.6 Å². The lowest BCUT2D eigenvalue weighted by molar-refractivity contribution is -0.384. The van der Waals surface area contributed by atoms with Gasteiger partial charge in [-0.2, -0.15) is 0 Å². The lowest BCUT2D eigenvalue weighted by atomic mass is 10.1. The third-order valence-corrected chi connectivity index (χ3v) is 3.34. The van der Waals surface area contributed by atoms with Crippen molar-refractivity contribution in [3.63, 3.8) is 0 Å². The van der Waals surface area contributed by atoms with Crippen LogP contribution >= 0.6 is 0 Å². The molecule has 8 nitrogen and oxygen atoms in total. The van der Waals surface area contributed by atoms with Gasteiger partial charge in [-0.05, 0) is 30.3 Å². The van der Waals surface area contributed by atoms with E-state index >= 15 is 0 Å². The van der Waals surface area contributed by atoms with Crippen LogP contribution in [-0.4, -0.2) is 15.1 Å². The first-order valence-electron chi connectivity index (χ1n) is 6.94. The average molecular weight is 323 g/mol. The molecule has 4 rings (SSSR count). The Labute approximate surface area is 134 Å². The molecule has 0 aliphatic heterocycles. The van der Waals surface area contributed by atoms with E-state index in [9.17, 15) is 10.1 Å². The zero-order valence-corrected chi connectivity index (χ0v) is 12.1. The van der Waals surface area contributed by atoms with E-state index < -0.39 is 4.92 Å². The second-order valence-electron chi connectivity index (χ2n) is 4.83. The first-order chi connectivity index (χ1) is 11.7. The minimum atomic E-state index is -0.459. The van der Waals surface area contributed by atoms with Crippen LogP contribution in [0.5, 0.6) is 0 Å². The molecule has 0 amide bonds. The molecule has 4 aromatic rings. The largest absolute Gasteiger partial charge is 0.459 e. The predicted molar refractivity (Wildman–Crippen MR) is 81.8 cm³/mol. The summed E-state index contributed by atoms with van der Waals surface area (Å²) in [7, 11) is 0. The summed E-state index contributed by atoms with van der Waals surface area (Å²) in [5, 5.41) is 18.9. The Hall–Kier alpha value is -3.68. The molecular weight excluding hydrogens is 314 g/mol. The van der Waals surface area contributed by atoms with Gasteiger partial charge in [0.1, 0.15) is 5.76 Å². The van der Waals surface area contributed by atoms with Crippen LogP contribution in [0.4, 0.5) is 5.69 Å². The monoisotopic (exact) mass is 323 g/mol. The van der Waals surface area contributed by atoms with Crippen molar-refractivity contribution >= 4 is 5.69 Å². The highest BCUT2D eigenvalue weighted by molar-refractivity contribution is 5.70. The number of nitro groups is 1. The van der Waals surface area contributed by atoms with Crippen molar-refractivity contribution in [1.82, 2.24) is 10.2 Å². The van der Waals surface area contributed by atoms with Gasteiger partial charge in [0.2, 0.25) is 0 Å². The second-order valence-corrected chi connectivity index (χ2v) is 4.83. The topological polar surface area (TPSA) is 108 Å². The van der Waals surface area contributed by atoms with Gasteiger partial charge in [-0.25, -0.2) is 0 Å². The van der Waals surface area contributed by atoms with Crippen molar-refractivity contribution in [2.45, 2.75) is 0 Å². The third kappa shape index (κ3) is 2.35. The van der Waals surface area contributed by atoms with E-state index in [1.165, 1.54) is 12.3 Å². The summed E-state index contributed by atoms with van der Waals surface area (Å²) in [5.74, 6) is 1.48. The number of aromatic nitrogens is 2. The summed E-state index contributed by atoms with van der Waals surface area (Å²) in [4.78, 5) is 10.7. The molecule has 0 saturated carbocycles. The molecule has 0 spiro atoms. The van der Waals surface area contributed by atoms with Crippen LogP contribution in [-0.2, 0) is 0 Å². The normalized spacial score (nSPS) is 10.8. The highest BCUT2D eigenvalue weighted by atomic mass is 16.6. The smallest absolute Gasteiger partial charge is 0.284 e. The zero-order chi connectivity index (χ0) is 16.5. The van der Waals surface area contributed by atoms with Crippen LogP contribution in [0.2, 0.25) is 0 Å². The maximum Gasteiger partial charge on any atom is 0.284 e. The fourth-order valence-corrected chi connectivity index (χ4v) is 2.26. The molecule has 8 heteroatoms. The fourth-order valence-electron chi connectivity index (χ4n) is 2.26. The highest BCUT2D eigenvalue weighted by Crippen LogP contribution is 2.34. The number of benzene rings is 1. The van der Waals surface area contributed by atoms with E-state index in [0.717, 1.165) is 0 Å². The molecule has 0 fully saturated rings. The first-order valence-corrected chi connectivity index (χ1v) is 6.94. The third-order valence-electron chi connectivity index (χ3n) is 3.34. The molecule has 3 heterocycles. The Morgan fingerprint density at radius 2 is 1.58 bits per heavy atom. The van der Waals surface area contributed by atoms with Crippen LogP contribution in [0.1, 0.15) is 0 Å². The predicted octanol–water partition coefficient (Wildman–Crippen LogP) is 4.16. The van der Waals surface area contributed by atoms with Crippen molar-refractivity contribution in [3.05, 3.63) is 64.9 Å². The Morgan fingerprint density at radius 3 is 2.33 bits per heavy atom. The molecule has 0 N–H and O–H groups in total. The molecule has 0 aliphatic carbocycles. The Bertz CT molecular complexity index is 1000. The second kappa shape index (κ2) is 5.51. The van der Waals surface area contributed by atoms with Crippen molar-refractivity contribution in [1.29, 1.82) is 0 Å². The van der Waals surface area contributed by atoms with Gasteiger partial charge < -0.3 is 13.3 Å². The zero-order valence-electron chi connectivity index (χ0n) is 12.1. The van der Waals surface area contributed by atoms with Crippen molar-refractivity contribution < 1.29 is 18.2 Å². The number of hydrogen-bond donors (Lipinski definition) is 0. The van der Waals surface area contributed by atoms with Crippen LogP contribution in [0.25, 0.3) is 34.6 Å². The molecule has 0 radical (unpaired) electrons. The Morgan fingerprint density at radius 1 is 0.833 bits per heavy atom. The number of hydrogen-bond acceptors (Lipinski definition) is 7. The minimum Gasteiger partial charge on any atom is -0.459 e. The molecule has 0 aliphatic rings. The SMILES string of the molecule is O=[N+]([O-])c1ccccc1-c1ccc(-c2nnc(-c3ccco3)o2)o1. The number of nitro benzene ring substituents is 1. The molecule has 24 heavy (non-hydrogen) atoms. The summed E-state index contributed by atoms with van der Waals surface area (Å²) in [6.45, 7) is 0. The van der Waals surface area contributed by atoms with Crippen molar-refractivity contribution in [2.24, 2.45) is 0 Å². The van der Waals surface area contributed by atoms with Gasteiger partial charge in [-0.3, -0.25) is 10.1 Å². The quantitative estimate of drug-likeness (QED) is 0.409. The van der Waals surface area contributed by atoms with Gasteiger partial charge in [-0.1, -0.05) is 12.1 Å². The Balaban J connectivity index is 1.70. The van der Waals surface area contributed by atoms with Gasteiger partial charge >= 0.3 is 0 Å². The number of para-hydroxylation sites is 1. The molecule has 1 aromatic carbocycles. The van der Waals surface area contributed by atoms with Crippen LogP contribution in [0, 0.1) is 10.1 Å². The minimum absolute atomic E-state index is 0.0415. The van der Waals surface area contributed by atoms with Gasteiger partial charge in [0.15, 0.2) is 11.5 Å². The van der Waals surface area contributed by atoms with E-state index in [-0.39, 0.29) is 17.5 Å². The van der Waals surface area contributed by atoms with Crippen molar-refractivity contribution in [2.75, 3.05) is 0 Å². The van der Waals surface area contributed by atoms with E-state index in [0.29, 0.717) is 22.8 Å². The molecule has 0 saturated heterocycles.